The van der Waals surface area contributed by atoms with Gasteiger partial charge in [0, 0.05) is 80.7 Å². The average Bonchev–Trinajstić information content (AvgIpc) is 0.790. The highest BCUT2D eigenvalue weighted by Gasteiger charge is 2.23. The van der Waals surface area contributed by atoms with Crippen molar-refractivity contribution in [1.29, 1.82) is 0 Å². The van der Waals surface area contributed by atoms with E-state index in [1.54, 1.807) is 138 Å². The number of aryl methyl sites for hydroxylation is 8. The molecule has 676 valence electrons. The number of halogens is 14. The highest BCUT2D eigenvalue weighted by molar-refractivity contribution is 6.32. The Kier molecular flexibility index (Phi) is 36.8. The van der Waals surface area contributed by atoms with Gasteiger partial charge in [0.2, 0.25) is 0 Å². The van der Waals surface area contributed by atoms with E-state index in [4.69, 9.17) is 16.3 Å². The topological polar surface area (TPSA) is 47.9 Å². The van der Waals surface area contributed by atoms with Gasteiger partial charge in [-0.3, -0.25) is 15.0 Å². The number of nitrogens with zero attached hydrogens (tertiary/aromatic N) is 3. The normalized spacial score (nSPS) is 11.0. The van der Waals surface area contributed by atoms with Crippen LogP contribution in [0, 0.1) is 131 Å². The molecule has 11 aromatic carbocycles. The van der Waals surface area contributed by atoms with Crippen LogP contribution in [-0.4, -0.2) is 22.1 Å². The number of ether oxygens (including phenoxy) is 1. The van der Waals surface area contributed by atoms with Gasteiger partial charge in [-0.25, -0.2) is 57.1 Å². The molecule has 0 spiro atoms. The molecule has 4 nitrogen and oxygen atoms in total. The standard InChI is InChI=1S/C17H18F2.C17H19F.C16H15ClF2O.C16H16F2.3C15H15F2N/c1-10(2)17-15(18)8-14(9-16(17)19)13-6-11(3)5-12(4)7-13;1-11(2)16-6-5-14(10-17(16)18)15-8-12(3)7-13(4)9-15;1-9(2)16-13(18)6-11(7-14(16)19)10-4-5-12(17)15(8-10)20-3;1-10(2)16-14(17)8-13(9-15(16)18)12-6-4-5-11(3)7-12;1-9(2)15-13(16)5-11(6-14(15)17)12-4-10(3)7-18-8-12;1-9(2)15-13(16)7-12(8-14(15)17)11-4-5-18-10(3)6-11;1-9(2)15-13(16)6-12(7-14(15)17)11-5-4-10(3)18-8-11/h5-10H,1-4H3;5-11H,1-4H3;4-9H,1-3H3;4-10H,1-3H3;3*4-9H,1-3H3. The SMILES string of the molecule is COc1cc(-c2cc(F)c(C(C)C)c(F)c2)ccc1Cl.Cc1cc(-c2cc(F)c(C(C)C)c(F)c2)ccn1.Cc1cc(C)cc(-c2cc(F)c(C(C)C)c(F)c2)c1.Cc1cc(C)cc(-c2ccc(C(C)C)c(F)c2)c1.Cc1ccc(-c2cc(F)c(C(C)C)c(F)c2)cn1.Cc1cccc(-c2cc(F)c(C(C)C)c(F)c2)c1.Cc1cncc(-c2cc(F)c(C(C)C)c(F)c2)c1. The highest BCUT2D eigenvalue weighted by Crippen LogP contribution is 2.38. The van der Waals surface area contributed by atoms with E-state index in [0.29, 0.717) is 55.3 Å². The van der Waals surface area contributed by atoms with Crippen LogP contribution < -0.4 is 4.74 Å². The number of hydrogen-bond acceptors (Lipinski definition) is 4. The summed E-state index contributed by atoms with van der Waals surface area (Å²) in [4.78, 5) is 12.2. The zero-order valence-electron chi connectivity index (χ0n) is 77.4. The van der Waals surface area contributed by atoms with Gasteiger partial charge in [0.05, 0.1) is 12.1 Å². The Morgan fingerprint density at radius 3 is 0.853 bits per heavy atom. The predicted molar refractivity (Wildman–Crippen MR) is 504 cm³/mol. The molecule has 14 rings (SSSR count). The lowest BCUT2D eigenvalue weighted by Crippen LogP contribution is -1.99. The molecule has 0 saturated carbocycles. The van der Waals surface area contributed by atoms with E-state index in [9.17, 15) is 57.1 Å². The molecule has 3 aromatic heterocycles. The summed E-state index contributed by atoms with van der Waals surface area (Å²) in [6, 6.07) is 56.0. The van der Waals surface area contributed by atoms with Crippen molar-refractivity contribution in [3.8, 4) is 83.6 Å². The third-order valence-corrected chi connectivity index (χ3v) is 21.5. The maximum absolute atomic E-state index is 14.0. The highest BCUT2D eigenvalue weighted by atomic mass is 35.5. The van der Waals surface area contributed by atoms with Crippen molar-refractivity contribution >= 4 is 11.6 Å². The zero-order chi connectivity index (χ0) is 95.4. The van der Waals surface area contributed by atoms with E-state index in [0.717, 1.165) is 72.6 Å². The van der Waals surface area contributed by atoms with Crippen LogP contribution in [0.1, 0.15) is 222 Å². The number of rotatable bonds is 15. The molecule has 0 N–H and O–H groups in total. The van der Waals surface area contributed by atoms with Gasteiger partial charge in [-0.2, -0.15) is 0 Å². The van der Waals surface area contributed by atoms with E-state index >= 15 is 0 Å². The van der Waals surface area contributed by atoms with Crippen molar-refractivity contribution in [2.75, 3.05) is 7.11 Å². The van der Waals surface area contributed by atoms with Crippen LogP contribution in [0.25, 0.3) is 77.9 Å². The summed E-state index contributed by atoms with van der Waals surface area (Å²) in [6.45, 7) is 41.0. The Labute approximate surface area is 757 Å². The number of aromatic nitrogens is 3. The molecule has 0 aliphatic carbocycles. The second kappa shape index (κ2) is 46.3. The van der Waals surface area contributed by atoms with Crippen LogP contribution in [0.3, 0.4) is 0 Å². The van der Waals surface area contributed by atoms with Gasteiger partial charge in [0.25, 0.3) is 0 Å². The smallest absolute Gasteiger partial charge is 0.138 e. The summed E-state index contributed by atoms with van der Waals surface area (Å²) in [5, 5.41) is 0.455. The minimum Gasteiger partial charge on any atom is -0.495 e. The number of methoxy groups -OCH3 is 1. The Bertz CT molecular complexity index is 5790. The zero-order valence-corrected chi connectivity index (χ0v) is 78.2. The maximum Gasteiger partial charge on any atom is 0.138 e. The molecule has 0 radical (unpaired) electrons. The minimum absolute atomic E-state index is 0.106. The van der Waals surface area contributed by atoms with Crippen molar-refractivity contribution < 1.29 is 61.8 Å². The molecule has 14 aromatic rings. The molecule has 0 amide bonds. The molecule has 3 heterocycles. The van der Waals surface area contributed by atoms with Crippen molar-refractivity contribution in [3.63, 3.8) is 0 Å². The van der Waals surface area contributed by atoms with Crippen molar-refractivity contribution in [2.45, 2.75) is 194 Å². The Morgan fingerprint density at radius 1 is 0.233 bits per heavy atom. The first-order chi connectivity index (χ1) is 60.7. The number of pyridine rings is 3. The first-order valence-electron chi connectivity index (χ1n) is 42.8. The second-order valence-corrected chi connectivity index (χ2v) is 34.9. The first kappa shape index (κ1) is 102. The monoisotopic (exact) mass is 1790 g/mol. The summed E-state index contributed by atoms with van der Waals surface area (Å²) in [6.07, 6.45) is 6.57. The Morgan fingerprint density at radius 2 is 0.527 bits per heavy atom. The molecule has 0 aliphatic rings. The molecule has 0 aliphatic heterocycles. The van der Waals surface area contributed by atoms with Gasteiger partial charge in [-0.15, -0.1) is 0 Å². The third-order valence-electron chi connectivity index (χ3n) is 21.2. The number of hydrogen-bond donors (Lipinski definition) is 0. The maximum atomic E-state index is 14.0. The second-order valence-electron chi connectivity index (χ2n) is 34.5. The Hall–Kier alpha value is -12.0. The fourth-order valence-corrected chi connectivity index (χ4v) is 15.2. The van der Waals surface area contributed by atoms with Gasteiger partial charge in [0.15, 0.2) is 0 Å². The lowest BCUT2D eigenvalue weighted by Gasteiger charge is -2.12. The molecule has 0 saturated heterocycles. The Balaban J connectivity index is 0.000000186. The van der Waals surface area contributed by atoms with E-state index < -0.39 is 69.8 Å². The van der Waals surface area contributed by atoms with Crippen LogP contribution in [0.15, 0.2) is 225 Å². The summed E-state index contributed by atoms with van der Waals surface area (Å²) >= 11 is 5.94. The quantitative estimate of drug-likeness (QED) is 0.0960. The summed E-state index contributed by atoms with van der Waals surface area (Å²) < 4.78 is 186. The van der Waals surface area contributed by atoms with Crippen molar-refractivity contribution in [1.82, 2.24) is 15.0 Å². The molecular formula is C111H113ClF13N3O. The van der Waals surface area contributed by atoms with Crippen LogP contribution in [-0.2, 0) is 0 Å². The minimum atomic E-state index is -0.538. The van der Waals surface area contributed by atoms with E-state index in [1.165, 1.54) is 91.0 Å². The largest absolute Gasteiger partial charge is 0.495 e. The van der Waals surface area contributed by atoms with Crippen LogP contribution in [0.2, 0.25) is 5.02 Å². The van der Waals surface area contributed by atoms with Crippen LogP contribution in [0.4, 0.5) is 57.1 Å². The third kappa shape index (κ3) is 28.0. The van der Waals surface area contributed by atoms with E-state index in [2.05, 4.69) is 47.0 Å². The molecular weight excluding hydrogens is 1670 g/mol. The summed E-state index contributed by atoms with van der Waals surface area (Å²) in [5.74, 6) is -6.38. The van der Waals surface area contributed by atoms with Gasteiger partial charge in [-0.1, -0.05) is 221 Å². The summed E-state index contributed by atoms with van der Waals surface area (Å²) in [5.41, 5.74) is 19.7. The fraction of sp³-hybridized carbons (Fsp3) is 0.270. The predicted octanol–water partition coefficient (Wildman–Crippen LogP) is 34.5. The summed E-state index contributed by atoms with van der Waals surface area (Å²) in [7, 11) is 1.49. The fourth-order valence-electron chi connectivity index (χ4n) is 15.0. The van der Waals surface area contributed by atoms with Gasteiger partial charge in [-0.05, 0) is 290 Å². The van der Waals surface area contributed by atoms with Gasteiger partial charge >= 0.3 is 0 Å². The molecule has 129 heavy (non-hydrogen) atoms. The molecule has 0 fully saturated rings. The first-order valence-corrected chi connectivity index (χ1v) is 43.2. The molecule has 0 unspecified atom stereocenters. The van der Waals surface area contributed by atoms with Crippen molar-refractivity contribution in [3.05, 3.63) is 389 Å². The number of benzene rings is 11. The lowest BCUT2D eigenvalue weighted by molar-refractivity contribution is 0.415. The van der Waals surface area contributed by atoms with Gasteiger partial charge in [0.1, 0.15) is 81.4 Å². The molecule has 18 heteroatoms. The van der Waals surface area contributed by atoms with Crippen molar-refractivity contribution in [2.24, 2.45) is 0 Å². The lowest BCUT2D eigenvalue weighted by atomic mass is 9.95. The van der Waals surface area contributed by atoms with Gasteiger partial charge < -0.3 is 4.74 Å². The van der Waals surface area contributed by atoms with Crippen LogP contribution >= 0.6 is 11.6 Å². The average molecular weight is 1790 g/mol. The molecule has 0 bridgehead atoms. The van der Waals surface area contributed by atoms with E-state index in [-0.39, 0.29) is 80.6 Å². The van der Waals surface area contributed by atoms with Crippen LogP contribution in [0.5, 0.6) is 5.75 Å². The van der Waals surface area contributed by atoms with E-state index in [1.807, 2.05) is 134 Å². The molecule has 0 atom stereocenters.